The fraction of sp³-hybridized carbons (Fsp3) is 1.00. The average molecular weight is 195 g/mol. The highest BCUT2D eigenvalue weighted by Gasteiger charge is 2.28. The van der Waals surface area contributed by atoms with Gasteiger partial charge in [0.25, 0.3) is 0 Å². The Morgan fingerprint density at radius 2 is 1.21 bits per heavy atom. The SMILES string of the molecule is C[C@@H]1CCCC[C@@H]1N[C@@H]1CCC[C@@H]1C. The molecule has 0 aliphatic heterocycles. The van der Waals surface area contributed by atoms with Crippen LogP contribution in [0.25, 0.3) is 0 Å². The third kappa shape index (κ3) is 2.31. The Morgan fingerprint density at radius 3 is 1.71 bits per heavy atom. The van der Waals surface area contributed by atoms with Crippen molar-refractivity contribution in [2.24, 2.45) is 11.8 Å². The number of nitrogens with one attached hydrogen (secondary N) is 1. The summed E-state index contributed by atoms with van der Waals surface area (Å²) in [4.78, 5) is 0. The van der Waals surface area contributed by atoms with Gasteiger partial charge in [0.05, 0.1) is 0 Å². The second kappa shape index (κ2) is 4.65. The fourth-order valence-corrected chi connectivity index (χ4v) is 3.23. The van der Waals surface area contributed by atoms with Crippen LogP contribution in [0.1, 0.15) is 58.8 Å². The van der Waals surface area contributed by atoms with Gasteiger partial charge in [-0.15, -0.1) is 0 Å². The molecule has 0 bridgehead atoms. The third-order valence-electron chi connectivity index (χ3n) is 4.40. The van der Waals surface area contributed by atoms with Crippen LogP contribution in [0.3, 0.4) is 0 Å². The lowest BCUT2D eigenvalue weighted by atomic mass is 9.85. The lowest BCUT2D eigenvalue weighted by Crippen LogP contribution is -2.44. The first-order valence-corrected chi connectivity index (χ1v) is 6.53. The molecule has 2 aliphatic carbocycles. The van der Waals surface area contributed by atoms with Gasteiger partial charge in [0.2, 0.25) is 0 Å². The molecule has 1 nitrogen and oxygen atoms in total. The summed E-state index contributed by atoms with van der Waals surface area (Å²) in [5.41, 5.74) is 0. The summed E-state index contributed by atoms with van der Waals surface area (Å²) >= 11 is 0. The Labute approximate surface area is 88.7 Å². The molecule has 2 saturated carbocycles. The van der Waals surface area contributed by atoms with Crippen molar-refractivity contribution in [3.05, 3.63) is 0 Å². The first-order valence-electron chi connectivity index (χ1n) is 6.53. The molecule has 0 saturated heterocycles. The number of rotatable bonds is 2. The highest BCUT2D eigenvalue weighted by molar-refractivity contribution is 4.86. The standard InChI is InChI=1S/C13H25N/c1-10-6-3-4-8-12(10)14-13-9-5-7-11(13)2/h10-14H,3-9H2,1-2H3/t10-,11+,12+,13-/m1/s1. The maximum Gasteiger partial charge on any atom is 0.00953 e. The molecule has 0 heterocycles. The van der Waals surface area contributed by atoms with Gasteiger partial charge in [0, 0.05) is 12.1 Å². The highest BCUT2D eigenvalue weighted by atomic mass is 15.0. The number of hydrogen-bond acceptors (Lipinski definition) is 1. The molecule has 1 heteroatoms. The minimum atomic E-state index is 0.828. The molecule has 0 spiro atoms. The van der Waals surface area contributed by atoms with E-state index in [0.29, 0.717) is 0 Å². The zero-order chi connectivity index (χ0) is 9.97. The Bertz CT molecular complexity index is 178. The van der Waals surface area contributed by atoms with Crippen molar-refractivity contribution in [3.63, 3.8) is 0 Å². The molecular weight excluding hydrogens is 170 g/mol. The zero-order valence-corrected chi connectivity index (χ0v) is 9.76. The molecule has 2 aliphatic rings. The second-order valence-corrected chi connectivity index (χ2v) is 5.55. The smallest absolute Gasteiger partial charge is 0.00953 e. The van der Waals surface area contributed by atoms with Crippen LogP contribution in [0.4, 0.5) is 0 Å². The van der Waals surface area contributed by atoms with Crippen molar-refractivity contribution in [1.82, 2.24) is 5.32 Å². The van der Waals surface area contributed by atoms with E-state index in [-0.39, 0.29) is 0 Å². The summed E-state index contributed by atoms with van der Waals surface area (Å²) in [5, 5.41) is 3.92. The van der Waals surface area contributed by atoms with Crippen LogP contribution in [-0.2, 0) is 0 Å². The Morgan fingerprint density at radius 1 is 0.714 bits per heavy atom. The van der Waals surface area contributed by atoms with Crippen LogP contribution in [0.15, 0.2) is 0 Å². The lowest BCUT2D eigenvalue weighted by Gasteiger charge is -2.33. The van der Waals surface area contributed by atoms with Crippen LogP contribution in [-0.4, -0.2) is 12.1 Å². The van der Waals surface area contributed by atoms with Gasteiger partial charge >= 0.3 is 0 Å². The van der Waals surface area contributed by atoms with E-state index >= 15 is 0 Å². The van der Waals surface area contributed by atoms with Crippen molar-refractivity contribution in [1.29, 1.82) is 0 Å². The molecule has 1 N–H and O–H groups in total. The monoisotopic (exact) mass is 195 g/mol. The van der Waals surface area contributed by atoms with Crippen LogP contribution in [0, 0.1) is 11.8 Å². The topological polar surface area (TPSA) is 12.0 Å². The Hall–Kier alpha value is -0.0400. The molecule has 2 fully saturated rings. The van der Waals surface area contributed by atoms with Crippen molar-refractivity contribution in [2.75, 3.05) is 0 Å². The molecule has 0 amide bonds. The minimum Gasteiger partial charge on any atom is -0.311 e. The van der Waals surface area contributed by atoms with E-state index in [1.54, 1.807) is 0 Å². The average Bonchev–Trinajstić information content (AvgIpc) is 2.56. The van der Waals surface area contributed by atoms with Gasteiger partial charge in [-0.3, -0.25) is 0 Å². The van der Waals surface area contributed by atoms with E-state index in [4.69, 9.17) is 0 Å². The highest BCUT2D eigenvalue weighted by Crippen LogP contribution is 2.29. The van der Waals surface area contributed by atoms with Crippen LogP contribution >= 0.6 is 0 Å². The van der Waals surface area contributed by atoms with E-state index in [0.717, 1.165) is 23.9 Å². The van der Waals surface area contributed by atoms with Gasteiger partial charge in [0.15, 0.2) is 0 Å². The maximum absolute atomic E-state index is 3.92. The fourth-order valence-electron chi connectivity index (χ4n) is 3.23. The Kier molecular flexibility index (Phi) is 3.48. The van der Waals surface area contributed by atoms with Gasteiger partial charge in [-0.2, -0.15) is 0 Å². The van der Waals surface area contributed by atoms with E-state index in [2.05, 4.69) is 19.2 Å². The first-order chi connectivity index (χ1) is 6.77. The van der Waals surface area contributed by atoms with Crippen molar-refractivity contribution >= 4 is 0 Å². The number of hydrogen-bond donors (Lipinski definition) is 1. The molecule has 14 heavy (non-hydrogen) atoms. The van der Waals surface area contributed by atoms with Crippen molar-refractivity contribution in [2.45, 2.75) is 70.9 Å². The molecule has 82 valence electrons. The van der Waals surface area contributed by atoms with Crippen LogP contribution in [0.5, 0.6) is 0 Å². The van der Waals surface area contributed by atoms with Gasteiger partial charge in [-0.25, -0.2) is 0 Å². The summed E-state index contributed by atoms with van der Waals surface area (Å²) in [7, 11) is 0. The summed E-state index contributed by atoms with van der Waals surface area (Å²) in [6.45, 7) is 4.84. The van der Waals surface area contributed by atoms with Crippen LogP contribution in [0.2, 0.25) is 0 Å². The van der Waals surface area contributed by atoms with E-state index < -0.39 is 0 Å². The normalized spacial score (nSPS) is 44.1. The quantitative estimate of drug-likeness (QED) is 0.712. The molecule has 0 aromatic rings. The van der Waals surface area contributed by atoms with Gasteiger partial charge in [-0.05, 0) is 37.5 Å². The molecule has 0 unspecified atom stereocenters. The van der Waals surface area contributed by atoms with E-state index in [9.17, 15) is 0 Å². The van der Waals surface area contributed by atoms with Crippen molar-refractivity contribution < 1.29 is 0 Å². The zero-order valence-electron chi connectivity index (χ0n) is 9.76. The van der Waals surface area contributed by atoms with Gasteiger partial charge in [-0.1, -0.05) is 33.1 Å². The Balaban J connectivity index is 1.83. The predicted octanol–water partition coefficient (Wildman–Crippen LogP) is 3.34. The van der Waals surface area contributed by atoms with Gasteiger partial charge in [0.1, 0.15) is 0 Å². The molecule has 0 aromatic heterocycles. The van der Waals surface area contributed by atoms with Gasteiger partial charge < -0.3 is 5.32 Å². The summed E-state index contributed by atoms with van der Waals surface area (Å²) < 4.78 is 0. The molecule has 2 rings (SSSR count). The molecule has 4 atom stereocenters. The molecular formula is C13H25N. The summed E-state index contributed by atoms with van der Waals surface area (Å²) in [6, 6.07) is 1.66. The molecule has 0 radical (unpaired) electrons. The minimum absolute atomic E-state index is 0.828. The third-order valence-corrected chi connectivity index (χ3v) is 4.40. The predicted molar refractivity (Wildman–Crippen MR) is 61.4 cm³/mol. The maximum atomic E-state index is 3.92. The largest absolute Gasteiger partial charge is 0.311 e. The molecule has 0 aromatic carbocycles. The van der Waals surface area contributed by atoms with E-state index in [1.165, 1.54) is 44.9 Å². The van der Waals surface area contributed by atoms with E-state index in [1.807, 2.05) is 0 Å². The summed E-state index contributed by atoms with van der Waals surface area (Å²) in [6.07, 6.45) is 10.1. The second-order valence-electron chi connectivity index (χ2n) is 5.55. The summed E-state index contributed by atoms with van der Waals surface area (Å²) in [5.74, 6) is 1.83. The van der Waals surface area contributed by atoms with Crippen LogP contribution < -0.4 is 5.32 Å². The van der Waals surface area contributed by atoms with Crippen molar-refractivity contribution in [3.8, 4) is 0 Å². The first kappa shape index (κ1) is 10.5. The lowest BCUT2D eigenvalue weighted by molar-refractivity contribution is 0.243.